The average Bonchev–Trinajstić information content (AvgIpc) is 1.98. The Bertz CT molecular complexity index is 145. The predicted molar refractivity (Wildman–Crippen MR) is 43.8 cm³/mol. The molecule has 0 aromatic heterocycles. The lowest BCUT2D eigenvalue weighted by molar-refractivity contribution is -0.120. The molecule has 0 amide bonds. The van der Waals surface area contributed by atoms with E-state index in [4.69, 9.17) is 0 Å². The highest BCUT2D eigenvalue weighted by Crippen LogP contribution is 2.01. The van der Waals surface area contributed by atoms with Crippen molar-refractivity contribution in [3.05, 3.63) is 24.8 Å². The Balaban J connectivity index is 3.72. The Hall–Kier alpha value is -0.850. The van der Waals surface area contributed by atoms with Gasteiger partial charge in [0.1, 0.15) is 5.78 Å². The normalized spacial score (nSPS) is 13.4. The van der Waals surface area contributed by atoms with E-state index in [0.29, 0.717) is 6.42 Å². The molecule has 0 radical (unpaired) electrons. The van der Waals surface area contributed by atoms with Gasteiger partial charge in [0.25, 0.3) is 0 Å². The lowest BCUT2D eigenvalue weighted by Crippen LogP contribution is -2.05. The maximum atomic E-state index is 11.0. The number of rotatable bonds is 4. The number of allylic oxidation sites excluding steroid dienone is 3. The number of Topliss-reactive ketones (excluding diaryl/α,β-unsaturated/α-hetero) is 1. The van der Waals surface area contributed by atoms with Gasteiger partial charge in [0.05, 0.1) is 0 Å². The van der Waals surface area contributed by atoms with Gasteiger partial charge in [0, 0.05) is 12.3 Å². The Morgan fingerprint density at radius 1 is 1.70 bits per heavy atom. The minimum atomic E-state index is -0.00352. The van der Waals surface area contributed by atoms with Gasteiger partial charge in [-0.15, -0.1) is 6.58 Å². The van der Waals surface area contributed by atoms with Gasteiger partial charge in [-0.25, -0.2) is 0 Å². The summed E-state index contributed by atoms with van der Waals surface area (Å²) in [5, 5.41) is 0. The van der Waals surface area contributed by atoms with Crippen LogP contribution in [0.1, 0.15) is 20.3 Å². The van der Waals surface area contributed by atoms with Crippen LogP contribution in [0.25, 0.3) is 0 Å². The van der Waals surface area contributed by atoms with Crippen molar-refractivity contribution in [2.75, 3.05) is 0 Å². The molecule has 10 heavy (non-hydrogen) atoms. The van der Waals surface area contributed by atoms with Crippen LogP contribution in [-0.2, 0) is 4.79 Å². The second kappa shape index (κ2) is 4.98. The standard InChI is InChI=1S/C9H14O/c1-4-6-7-9(10)8(3)5-2/h4-6,8H,2,7H2,1,3H3/b6-4+. The van der Waals surface area contributed by atoms with Crippen molar-refractivity contribution < 1.29 is 4.79 Å². The molecule has 0 bridgehead atoms. The Morgan fingerprint density at radius 3 is 2.70 bits per heavy atom. The Morgan fingerprint density at radius 2 is 2.30 bits per heavy atom. The van der Waals surface area contributed by atoms with Gasteiger partial charge in [-0.05, 0) is 6.92 Å². The molecule has 0 saturated carbocycles. The van der Waals surface area contributed by atoms with E-state index in [-0.39, 0.29) is 11.7 Å². The highest BCUT2D eigenvalue weighted by Gasteiger charge is 2.04. The predicted octanol–water partition coefficient (Wildman–Crippen LogP) is 2.34. The van der Waals surface area contributed by atoms with Crippen molar-refractivity contribution in [2.24, 2.45) is 5.92 Å². The summed E-state index contributed by atoms with van der Waals surface area (Å²) in [6.45, 7) is 7.31. The molecule has 0 aliphatic carbocycles. The maximum absolute atomic E-state index is 11.0. The SMILES string of the molecule is C=CC(C)C(=O)C/C=C/C. The molecule has 0 aliphatic heterocycles. The Labute approximate surface area is 62.4 Å². The fraction of sp³-hybridized carbons (Fsp3) is 0.444. The summed E-state index contributed by atoms with van der Waals surface area (Å²) in [5.41, 5.74) is 0. The van der Waals surface area contributed by atoms with Crippen molar-refractivity contribution in [2.45, 2.75) is 20.3 Å². The first-order valence-electron chi connectivity index (χ1n) is 3.48. The molecular formula is C9H14O. The van der Waals surface area contributed by atoms with Gasteiger partial charge in [0.2, 0.25) is 0 Å². The summed E-state index contributed by atoms with van der Waals surface area (Å²) >= 11 is 0. The number of ketones is 1. The number of hydrogen-bond donors (Lipinski definition) is 0. The fourth-order valence-electron chi connectivity index (χ4n) is 0.551. The van der Waals surface area contributed by atoms with Gasteiger partial charge in [-0.1, -0.05) is 25.2 Å². The first-order valence-corrected chi connectivity index (χ1v) is 3.48. The molecule has 56 valence electrons. The van der Waals surface area contributed by atoms with Gasteiger partial charge in [-0.3, -0.25) is 4.79 Å². The Kier molecular flexibility index (Phi) is 4.55. The second-order valence-corrected chi connectivity index (χ2v) is 2.26. The van der Waals surface area contributed by atoms with E-state index in [2.05, 4.69) is 6.58 Å². The van der Waals surface area contributed by atoms with Gasteiger partial charge in [0.15, 0.2) is 0 Å². The topological polar surface area (TPSA) is 17.1 Å². The van der Waals surface area contributed by atoms with E-state index in [0.717, 1.165) is 0 Å². The molecule has 1 heteroatoms. The van der Waals surface area contributed by atoms with Crippen LogP contribution < -0.4 is 0 Å². The highest BCUT2D eigenvalue weighted by molar-refractivity contribution is 5.83. The summed E-state index contributed by atoms with van der Waals surface area (Å²) < 4.78 is 0. The molecule has 0 aromatic carbocycles. The van der Waals surface area contributed by atoms with Crippen molar-refractivity contribution in [3.63, 3.8) is 0 Å². The number of carbonyl (C=O) groups excluding carboxylic acids is 1. The minimum absolute atomic E-state index is 0.00352. The summed E-state index contributed by atoms with van der Waals surface area (Å²) in [7, 11) is 0. The van der Waals surface area contributed by atoms with Crippen LogP contribution in [0.4, 0.5) is 0 Å². The lowest BCUT2D eigenvalue weighted by atomic mass is 10.0. The fourth-order valence-corrected chi connectivity index (χ4v) is 0.551. The molecule has 1 nitrogen and oxygen atoms in total. The van der Waals surface area contributed by atoms with E-state index in [1.54, 1.807) is 6.08 Å². The van der Waals surface area contributed by atoms with Crippen molar-refractivity contribution >= 4 is 5.78 Å². The molecule has 0 saturated heterocycles. The third-order valence-electron chi connectivity index (χ3n) is 1.42. The van der Waals surface area contributed by atoms with E-state index >= 15 is 0 Å². The zero-order chi connectivity index (χ0) is 7.98. The zero-order valence-corrected chi connectivity index (χ0v) is 6.63. The molecule has 0 spiro atoms. The first kappa shape index (κ1) is 9.15. The molecule has 0 aliphatic rings. The molecule has 1 unspecified atom stereocenters. The van der Waals surface area contributed by atoms with Crippen LogP contribution in [0.2, 0.25) is 0 Å². The van der Waals surface area contributed by atoms with Crippen LogP contribution in [0.5, 0.6) is 0 Å². The molecule has 0 rings (SSSR count). The van der Waals surface area contributed by atoms with Crippen molar-refractivity contribution in [1.82, 2.24) is 0 Å². The second-order valence-electron chi connectivity index (χ2n) is 2.26. The van der Waals surface area contributed by atoms with E-state index in [1.807, 2.05) is 26.0 Å². The molecule has 0 fully saturated rings. The summed E-state index contributed by atoms with van der Waals surface area (Å²) in [6.07, 6.45) is 5.95. The van der Waals surface area contributed by atoms with E-state index in [1.165, 1.54) is 0 Å². The summed E-state index contributed by atoms with van der Waals surface area (Å²) in [6, 6.07) is 0. The van der Waals surface area contributed by atoms with E-state index < -0.39 is 0 Å². The van der Waals surface area contributed by atoms with Gasteiger partial charge in [-0.2, -0.15) is 0 Å². The van der Waals surface area contributed by atoms with Crippen LogP contribution >= 0.6 is 0 Å². The lowest BCUT2D eigenvalue weighted by Gasteiger charge is -1.99. The van der Waals surface area contributed by atoms with Gasteiger partial charge >= 0.3 is 0 Å². The zero-order valence-electron chi connectivity index (χ0n) is 6.63. The minimum Gasteiger partial charge on any atom is -0.299 e. The molecule has 0 aromatic rings. The number of carbonyl (C=O) groups is 1. The molecular weight excluding hydrogens is 124 g/mol. The average molecular weight is 138 g/mol. The quantitative estimate of drug-likeness (QED) is 0.545. The van der Waals surface area contributed by atoms with Crippen LogP contribution in [0.3, 0.4) is 0 Å². The number of hydrogen-bond acceptors (Lipinski definition) is 1. The first-order chi connectivity index (χ1) is 4.72. The van der Waals surface area contributed by atoms with Crippen LogP contribution in [0.15, 0.2) is 24.8 Å². The highest BCUT2D eigenvalue weighted by atomic mass is 16.1. The van der Waals surface area contributed by atoms with Crippen LogP contribution in [0, 0.1) is 5.92 Å². The monoisotopic (exact) mass is 138 g/mol. The maximum Gasteiger partial charge on any atom is 0.143 e. The van der Waals surface area contributed by atoms with Crippen LogP contribution in [-0.4, -0.2) is 5.78 Å². The van der Waals surface area contributed by atoms with Gasteiger partial charge < -0.3 is 0 Å². The smallest absolute Gasteiger partial charge is 0.143 e. The largest absolute Gasteiger partial charge is 0.299 e. The summed E-state index contributed by atoms with van der Waals surface area (Å²) in [4.78, 5) is 11.0. The third kappa shape index (κ3) is 3.23. The third-order valence-corrected chi connectivity index (χ3v) is 1.42. The molecule has 1 atom stereocenters. The summed E-state index contributed by atoms with van der Waals surface area (Å²) in [5.74, 6) is 0.226. The molecule has 0 heterocycles. The van der Waals surface area contributed by atoms with Crippen molar-refractivity contribution in [1.29, 1.82) is 0 Å². The van der Waals surface area contributed by atoms with Crippen molar-refractivity contribution in [3.8, 4) is 0 Å². The van der Waals surface area contributed by atoms with E-state index in [9.17, 15) is 4.79 Å². The molecule has 0 N–H and O–H groups in total.